The van der Waals surface area contributed by atoms with Crippen LogP contribution in [-0.4, -0.2) is 40.5 Å². The Labute approximate surface area is 114 Å². The third-order valence-electron chi connectivity index (χ3n) is 2.70. The second-order valence-corrected chi connectivity index (χ2v) is 6.29. The van der Waals surface area contributed by atoms with E-state index in [1.807, 2.05) is 14.1 Å². The largest absolute Gasteiger partial charge is 0.397 e. The number of nitrogen functional groups attached to an aromatic ring is 1. The summed E-state index contributed by atoms with van der Waals surface area (Å²) in [5, 5.41) is 8.22. The molecule has 0 heterocycles. The number of nitrogens with zero attached hydrogens (tertiary/aromatic N) is 1. The van der Waals surface area contributed by atoms with Crippen LogP contribution in [0.1, 0.15) is 12.8 Å². The molecule has 0 aromatic heterocycles. The Morgan fingerprint density at radius 1 is 1.26 bits per heavy atom. The molecule has 0 spiro atoms. The predicted molar refractivity (Wildman–Crippen MR) is 78.5 cm³/mol. The molecule has 0 saturated heterocycles. The lowest BCUT2D eigenvalue weighted by molar-refractivity contribution is 0.396. The SMILES string of the molecule is CN(C)CCCCNc1cc(S(N)(=O)=O)ccc1N. The molecule has 0 radical (unpaired) electrons. The Bertz CT molecular complexity index is 514. The molecular formula is C12H22N4O2S. The van der Waals surface area contributed by atoms with Gasteiger partial charge in [0, 0.05) is 6.54 Å². The second kappa shape index (κ2) is 6.74. The van der Waals surface area contributed by atoms with Crippen LogP contribution in [0.5, 0.6) is 0 Å². The maximum absolute atomic E-state index is 11.3. The quantitative estimate of drug-likeness (QED) is 0.505. The van der Waals surface area contributed by atoms with Gasteiger partial charge in [-0.25, -0.2) is 13.6 Å². The molecule has 0 aliphatic heterocycles. The van der Waals surface area contributed by atoms with Crippen LogP contribution >= 0.6 is 0 Å². The summed E-state index contributed by atoms with van der Waals surface area (Å²) in [6, 6.07) is 4.42. The van der Waals surface area contributed by atoms with Crippen molar-refractivity contribution in [3.8, 4) is 0 Å². The fourth-order valence-electron chi connectivity index (χ4n) is 1.64. The highest BCUT2D eigenvalue weighted by Gasteiger charge is 2.09. The molecule has 0 bridgehead atoms. The van der Waals surface area contributed by atoms with Gasteiger partial charge in [0.2, 0.25) is 10.0 Å². The summed E-state index contributed by atoms with van der Waals surface area (Å²) >= 11 is 0. The maximum atomic E-state index is 11.3. The third kappa shape index (κ3) is 5.46. The highest BCUT2D eigenvalue weighted by molar-refractivity contribution is 7.89. The van der Waals surface area contributed by atoms with Gasteiger partial charge in [0.05, 0.1) is 16.3 Å². The molecule has 0 atom stereocenters. The normalized spacial score (nSPS) is 11.8. The standard InChI is InChI=1S/C12H22N4O2S/c1-16(2)8-4-3-7-15-12-9-10(19(14,17)18)5-6-11(12)13/h5-6,9,15H,3-4,7-8,13H2,1-2H3,(H2,14,17,18). The number of benzene rings is 1. The van der Waals surface area contributed by atoms with Crippen molar-refractivity contribution in [1.29, 1.82) is 0 Å². The van der Waals surface area contributed by atoms with Crippen molar-refractivity contribution in [3.05, 3.63) is 18.2 Å². The molecule has 0 amide bonds. The van der Waals surface area contributed by atoms with E-state index in [0.717, 1.165) is 25.9 Å². The number of nitrogens with one attached hydrogen (secondary N) is 1. The minimum absolute atomic E-state index is 0.0671. The van der Waals surface area contributed by atoms with Gasteiger partial charge in [0.1, 0.15) is 0 Å². The summed E-state index contributed by atoms with van der Waals surface area (Å²) in [7, 11) is 0.367. The van der Waals surface area contributed by atoms with Crippen molar-refractivity contribution >= 4 is 21.4 Å². The molecule has 0 aliphatic rings. The summed E-state index contributed by atoms with van der Waals surface area (Å²) < 4.78 is 22.5. The second-order valence-electron chi connectivity index (χ2n) is 4.73. The first-order valence-electron chi connectivity index (χ1n) is 6.11. The van der Waals surface area contributed by atoms with Crippen LogP contribution < -0.4 is 16.2 Å². The molecular weight excluding hydrogens is 264 g/mol. The number of hydrogen-bond acceptors (Lipinski definition) is 5. The lowest BCUT2D eigenvalue weighted by Crippen LogP contribution is -2.15. The van der Waals surface area contributed by atoms with Crippen LogP contribution in [-0.2, 0) is 10.0 Å². The molecule has 6 nitrogen and oxygen atoms in total. The topological polar surface area (TPSA) is 101 Å². The van der Waals surface area contributed by atoms with Gasteiger partial charge >= 0.3 is 0 Å². The smallest absolute Gasteiger partial charge is 0.238 e. The predicted octanol–water partition coefficient (Wildman–Crippen LogP) is 0.670. The Morgan fingerprint density at radius 2 is 1.95 bits per heavy atom. The molecule has 1 aromatic rings. The zero-order chi connectivity index (χ0) is 14.5. The Kier molecular flexibility index (Phi) is 5.59. The first kappa shape index (κ1) is 15.7. The molecule has 19 heavy (non-hydrogen) atoms. The van der Waals surface area contributed by atoms with Crippen LogP contribution in [0.15, 0.2) is 23.1 Å². The van der Waals surface area contributed by atoms with Gasteiger partial charge in [-0.15, -0.1) is 0 Å². The monoisotopic (exact) mass is 286 g/mol. The first-order valence-corrected chi connectivity index (χ1v) is 7.66. The molecule has 0 unspecified atom stereocenters. The van der Waals surface area contributed by atoms with Crippen LogP contribution in [0.4, 0.5) is 11.4 Å². The number of rotatable bonds is 7. The van der Waals surface area contributed by atoms with Gasteiger partial charge in [-0.3, -0.25) is 0 Å². The third-order valence-corrected chi connectivity index (χ3v) is 3.61. The van der Waals surface area contributed by atoms with Gasteiger partial charge in [-0.1, -0.05) is 0 Å². The highest BCUT2D eigenvalue weighted by atomic mass is 32.2. The minimum atomic E-state index is -3.69. The molecule has 0 fully saturated rings. The van der Waals surface area contributed by atoms with E-state index in [1.165, 1.54) is 12.1 Å². The number of sulfonamides is 1. The van der Waals surface area contributed by atoms with E-state index in [9.17, 15) is 8.42 Å². The summed E-state index contributed by atoms with van der Waals surface area (Å²) in [6.45, 7) is 1.76. The fourth-order valence-corrected chi connectivity index (χ4v) is 2.18. The van der Waals surface area contributed by atoms with E-state index < -0.39 is 10.0 Å². The first-order chi connectivity index (χ1) is 8.80. The average Bonchev–Trinajstić information content (AvgIpc) is 2.29. The van der Waals surface area contributed by atoms with Gasteiger partial charge in [-0.2, -0.15) is 0 Å². The van der Waals surface area contributed by atoms with Crippen molar-refractivity contribution in [3.63, 3.8) is 0 Å². The summed E-state index contributed by atoms with van der Waals surface area (Å²) in [5.41, 5.74) is 6.91. The molecule has 108 valence electrons. The van der Waals surface area contributed by atoms with Crippen molar-refractivity contribution in [1.82, 2.24) is 4.90 Å². The van der Waals surface area contributed by atoms with Crippen LogP contribution in [0, 0.1) is 0 Å². The number of hydrogen-bond donors (Lipinski definition) is 3. The lowest BCUT2D eigenvalue weighted by Gasteiger charge is -2.12. The molecule has 5 N–H and O–H groups in total. The van der Waals surface area contributed by atoms with Gasteiger partial charge in [-0.05, 0) is 51.7 Å². The van der Waals surface area contributed by atoms with E-state index >= 15 is 0 Å². The molecule has 7 heteroatoms. The van der Waals surface area contributed by atoms with E-state index in [-0.39, 0.29) is 4.90 Å². The zero-order valence-corrected chi connectivity index (χ0v) is 12.2. The Morgan fingerprint density at radius 3 is 2.53 bits per heavy atom. The number of anilines is 2. The summed E-state index contributed by atoms with van der Waals surface area (Å²) in [5.74, 6) is 0. The Hall–Kier alpha value is -1.31. The van der Waals surface area contributed by atoms with E-state index in [4.69, 9.17) is 10.9 Å². The van der Waals surface area contributed by atoms with E-state index in [2.05, 4.69) is 10.2 Å². The fraction of sp³-hybridized carbons (Fsp3) is 0.500. The van der Waals surface area contributed by atoms with Gasteiger partial charge in [0.15, 0.2) is 0 Å². The van der Waals surface area contributed by atoms with Crippen LogP contribution in [0.3, 0.4) is 0 Å². The highest BCUT2D eigenvalue weighted by Crippen LogP contribution is 2.22. The van der Waals surface area contributed by atoms with Gasteiger partial charge < -0.3 is 16.0 Å². The minimum Gasteiger partial charge on any atom is -0.397 e. The Balaban J connectivity index is 2.58. The number of primary sulfonamides is 1. The molecule has 0 saturated carbocycles. The molecule has 0 aliphatic carbocycles. The molecule has 1 rings (SSSR count). The zero-order valence-electron chi connectivity index (χ0n) is 11.4. The maximum Gasteiger partial charge on any atom is 0.238 e. The van der Waals surface area contributed by atoms with Crippen LogP contribution in [0.25, 0.3) is 0 Å². The summed E-state index contributed by atoms with van der Waals surface area (Å²) in [6.07, 6.45) is 2.05. The van der Waals surface area contributed by atoms with Crippen molar-refractivity contribution < 1.29 is 8.42 Å². The van der Waals surface area contributed by atoms with E-state index in [1.54, 1.807) is 6.07 Å². The number of unbranched alkanes of at least 4 members (excludes halogenated alkanes) is 1. The van der Waals surface area contributed by atoms with Crippen LogP contribution in [0.2, 0.25) is 0 Å². The van der Waals surface area contributed by atoms with E-state index in [0.29, 0.717) is 11.4 Å². The summed E-state index contributed by atoms with van der Waals surface area (Å²) in [4.78, 5) is 2.19. The lowest BCUT2D eigenvalue weighted by atomic mass is 10.2. The van der Waals surface area contributed by atoms with Crippen molar-refractivity contribution in [2.45, 2.75) is 17.7 Å². The molecule has 1 aromatic carbocycles. The van der Waals surface area contributed by atoms with Crippen molar-refractivity contribution in [2.75, 3.05) is 38.2 Å². The van der Waals surface area contributed by atoms with Crippen molar-refractivity contribution in [2.24, 2.45) is 5.14 Å². The van der Waals surface area contributed by atoms with Gasteiger partial charge in [0.25, 0.3) is 0 Å². The number of nitrogens with two attached hydrogens (primary N) is 2. The average molecular weight is 286 g/mol.